The second kappa shape index (κ2) is 6.48. The maximum atomic E-state index is 12.1. The Balaban J connectivity index is 2.15. The minimum Gasteiger partial charge on any atom is -0.322 e. The number of amides is 1. The van der Waals surface area contributed by atoms with Crippen LogP contribution in [-0.2, 0) is 0 Å². The summed E-state index contributed by atoms with van der Waals surface area (Å²) in [5.74, 6) is -0.133. The molecule has 1 heterocycles. The van der Waals surface area contributed by atoms with Crippen LogP contribution in [0.2, 0.25) is 0 Å². The van der Waals surface area contributed by atoms with E-state index in [1.165, 1.54) is 6.20 Å². The van der Waals surface area contributed by atoms with E-state index in [9.17, 15) is 4.79 Å². The number of hydrogen-bond donors (Lipinski definition) is 1. The highest BCUT2D eigenvalue weighted by atomic mass is 16.1. The zero-order chi connectivity index (χ0) is 14.4. The summed E-state index contributed by atoms with van der Waals surface area (Å²) in [5, 5.41) is 11.5. The van der Waals surface area contributed by atoms with E-state index in [0.717, 1.165) is 11.3 Å². The smallest absolute Gasteiger partial charge is 0.257 e. The molecule has 1 unspecified atom stereocenters. The molecule has 0 aliphatic heterocycles. The van der Waals surface area contributed by atoms with Crippen molar-refractivity contribution in [3.05, 3.63) is 59.9 Å². The predicted octanol–water partition coefficient (Wildman–Crippen LogP) is 3.35. The molecule has 2 rings (SSSR count). The van der Waals surface area contributed by atoms with Crippen LogP contribution in [0.15, 0.2) is 48.8 Å². The standard InChI is InChI=1S/C16H15N3O/c1-12(7-8-17)13-9-14(11-18-10-13)16(20)19-15-5-3-2-4-6-15/h2-6,9-12H,7H2,1H3,(H,19,20). The second-order valence-electron chi connectivity index (χ2n) is 4.59. The molecule has 0 aliphatic carbocycles. The molecule has 100 valence electrons. The third-order valence-electron chi connectivity index (χ3n) is 3.02. The van der Waals surface area contributed by atoms with Crippen LogP contribution in [0.1, 0.15) is 35.2 Å². The van der Waals surface area contributed by atoms with E-state index < -0.39 is 0 Å². The lowest BCUT2D eigenvalue weighted by Crippen LogP contribution is -2.12. The number of nitrogens with one attached hydrogen (secondary N) is 1. The van der Waals surface area contributed by atoms with Gasteiger partial charge in [-0.3, -0.25) is 9.78 Å². The number of aromatic nitrogens is 1. The lowest BCUT2D eigenvalue weighted by Gasteiger charge is -2.09. The van der Waals surface area contributed by atoms with E-state index in [1.807, 2.05) is 37.3 Å². The molecule has 0 radical (unpaired) electrons. The zero-order valence-electron chi connectivity index (χ0n) is 11.2. The maximum absolute atomic E-state index is 12.1. The highest BCUT2D eigenvalue weighted by Gasteiger charge is 2.11. The van der Waals surface area contributed by atoms with Crippen LogP contribution < -0.4 is 5.32 Å². The van der Waals surface area contributed by atoms with Crippen LogP contribution in [-0.4, -0.2) is 10.9 Å². The van der Waals surface area contributed by atoms with E-state index >= 15 is 0 Å². The van der Waals surface area contributed by atoms with Crippen LogP contribution in [0.4, 0.5) is 5.69 Å². The molecule has 0 bridgehead atoms. The molecule has 20 heavy (non-hydrogen) atoms. The summed E-state index contributed by atoms with van der Waals surface area (Å²) < 4.78 is 0. The van der Waals surface area contributed by atoms with Gasteiger partial charge in [-0.15, -0.1) is 0 Å². The highest BCUT2D eigenvalue weighted by Crippen LogP contribution is 2.19. The fourth-order valence-corrected chi connectivity index (χ4v) is 1.83. The van der Waals surface area contributed by atoms with Gasteiger partial charge in [0.2, 0.25) is 0 Å². The van der Waals surface area contributed by atoms with Crippen molar-refractivity contribution in [2.75, 3.05) is 5.32 Å². The predicted molar refractivity (Wildman–Crippen MR) is 77.3 cm³/mol. The number of carbonyl (C=O) groups is 1. The van der Waals surface area contributed by atoms with E-state index in [0.29, 0.717) is 12.0 Å². The van der Waals surface area contributed by atoms with E-state index in [2.05, 4.69) is 16.4 Å². The molecular formula is C16H15N3O. The fourth-order valence-electron chi connectivity index (χ4n) is 1.83. The number of para-hydroxylation sites is 1. The topological polar surface area (TPSA) is 65.8 Å². The van der Waals surface area contributed by atoms with Crippen LogP contribution in [0.25, 0.3) is 0 Å². The molecule has 1 amide bonds. The molecule has 0 aliphatic rings. The van der Waals surface area contributed by atoms with Gasteiger partial charge in [-0.25, -0.2) is 0 Å². The average molecular weight is 265 g/mol. The molecule has 0 fully saturated rings. The Morgan fingerprint density at radius 2 is 2.10 bits per heavy atom. The summed E-state index contributed by atoms with van der Waals surface area (Å²) in [6.45, 7) is 1.94. The molecule has 1 aromatic heterocycles. The molecule has 0 saturated carbocycles. The number of pyridine rings is 1. The highest BCUT2D eigenvalue weighted by molar-refractivity contribution is 6.04. The first kappa shape index (κ1) is 13.8. The Hall–Kier alpha value is -2.67. The largest absolute Gasteiger partial charge is 0.322 e. The lowest BCUT2D eigenvalue weighted by atomic mass is 9.99. The van der Waals surface area contributed by atoms with Gasteiger partial charge < -0.3 is 5.32 Å². The van der Waals surface area contributed by atoms with Gasteiger partial charge in [0.1, 0.15) is 0 Å². The fraction of sp³-hybridized carbons (Fsp3) is 0.188. The van der Waals surface area contributed by atoms with Crippen LogP contribution in [0.3, 0.4) is 0 Å². The molecule has 4 nitrogen and oxygen atoms in total. The van der Waals surface area contributed by atoms with Gasteiger partial charge in [-0.2, -0.15) is 5.26 Å². The first-order valence-electron chi connectivity index (χ1n) is 6.39. The molecule has 0 saturated heterocycles. The molecule has 0 spiro atoms. The van der Waals surface area contributed by atoms with Gasteiger partial charge in [0, 0.05) is 24.5 Å². The Labute approximate surface area is 118 Å². The van der Waals surface area contributed by atoms with Crippen molar-refractivity contribution in [3.8, 4) is 6.07 Å². The summed E-state index contributed by atoms with van der Waals surface area (Å²) in [4.78, 5) is 16.2. The summed E-state index contributed by atoms with van der Waals surface area (Å²) in [6, 6.07) is 13.2. The molecule has 4 heteroatoms. The Morgan fingerprint density at radius 3 is 2.80 bits per heavy atom. The van der Waals surface area contributed by atoms with Gasteiger partial charge in [0.25, 0.3) is 5.91 Å². The third kappa shape index (κ3) is 3.42. The number of anilines is 1. The number of hydrogen-bond acceptors (Lipinski definition) is 3. The number of nitrogens with zero attached hydrogens (tertiary/aromatic N) is 2. The SMILES string of the molecule is CC(CC#N)c1cncc(C(=O)Nc2ccccc2)c1. The van der Waals surface area contributed by atoms with Gasteiger partial charge in [-0.05, 0) is 29.7 Å². The maximum Gasteiger partial charge on any atom is 0.257 e. The Bertz CT molecular complexity index is 632. The quantitative estimate of drug-likeness (QED) is 0.921. The summed E-state index contributed by atoms with van der Waals surface area (Å²) >= 11 is 0. The number of carbonyl (C=O) groups excluding carboxylic acids is 1. The number of nitriles is 1. The number of benzene rings is 1. The van der Waals surface area contributed by atoms with Crippen molar-refractivity contribution in [3.63, 3.8) is 0 Å². The van der Waals surface area contributed by atoms with Crippen molar-refractivity contribution < 1.29 is 4.79 Å². The van der Waals surface area contributed by atoms with Crippen molar-refractivity contribution in [2.24, 2.45) is 0 Å². The summed E-state index contributed by atoms with van der Waals surface area (Å²) in [6.07, 6.45) is 3.63. The summed E-state index contributed by atoms with van der Waals surface area (Å²) in [7, 11) is 0. The molecular weight excluding hydrogens is 250 g/mol. The Morgan fingerprint density at radius 1 is 1.35 bits per heavy atom. The minimum absolute atomic E-state index is 0.0666. The molecule has 1 atom stereocenters. The van der Waals surface area contributed by atoms with E-state index in [4.69, 9.17) is 5.26 Å². The lowest BCUT2D eigenvalue weighted by molar-refractivity contribution is 0.102. The average Bonchev–Trinajstić information content (AvgIpc) is 2.48. The number of rotatable bonds is 4. The Kier molecular flexibility index (Phi) is 4.46. The monoisotopic (exact) mass is 265 g/mol. The van der Waals surface area contributed by atoms with Gasteiger partial charge in [0.05, 0.1) is 11.6 Å². The summed E-state index contributed by atoms with van der Waals surface area (Å²) in [5.41, 5.74) is 2.14. The van der Waals surface area contributed by atoms with Gasteiger partial charge in [-0.1, -0.05) is 25.1 Å². The van der Waals surface area contributed by atoms with Crippen molar-refractivity contribution in [1.29, 1.82) is 5.26 Å². The van der Waals surface area contributed by atoms with E-state index in [-0.39, 0.29) is 11.8 Å². The molecule has 2 aromatic rings. The second-order valence-corrected chi connectivity index (χ2v) is 4.59. The first-order valence-corrected chi connectivity index (χ1v) is 6.39. The third-order valence-corrected chi connectivity index (χ3v) is 3.02. The van der Waals surface area contributed by atoms with Crippen LogP contribution in [0, 0.1) is 11.3 Å². The van der Waals surface area contributed by atoms with Crippen LogP contribution in [0.5, 0.6) is 0 Å². The van der Waals surface area contributed by atoms with E-state index in [1.54, 1.807) is 12.3 Å². The molecule has 1 aromatic carbocycles. The van der Waals surface area contributed by atoms with Crippen molar-refractivity contribution in [2.45, 2.75) is 19.3 Å². The van der Waals surface area contributed by atoms with Crippen LogP contribution >= 0.6 is 0 Å². The van der Waals surface area contributed by atoms with Crippen molar-refractivity contribution in [1.82, 2.24) is 4.98 Å². The first-order chi connectivity index (χ1) is 9.70. The zero-order valence-corrected chi connectivity index (χ0v) is 11.2. The normalized spacial score (nSPS) is 11.4. The molecule has 1 N–H and O–H groups in total. The van der Waals surface area contributed by atoms with Gasteiger partial charge >= 0.3 is 0 Å². The minimum atomic E-state index is -0.199. The van der Waals surface area contributed by atoms with Crippen molar-refractivity contribution >= 4 is 11.6 Å². The van der Waals surface area contributed by atoms with Gasteiger partial charge in [0.15, 0.2) is 0 Å².